The molecule has 19 heavy (non-hydrogen) atoms. The fourth-order valence-electron chi connectivity index (χ4n) is 1.42. The van der Waals surface area contributed by atoms with Crippen molar-refractivity contribution in [2.24, 2.45) is 0 Å². The molecule has 0 heterocycles. The van der Waals surface area contributed by atoms with Crippen LogP contribution in [0.3, 0.4) is 0 Å². The molecular formula is C12H8ClFN2O3. The molecule has 2 rings (SSSR count). The molecule has 2 N–H and O–H groups in total. The van der Waals surface area contributed by atoms with Gasteiger partial charge in [-0.05, 0) is 24.3 Å². The number of rotatable bonds is 3. The number of nitro groups is 1. The van der Waals surface area contributed by atoms with Gasteiger partial charge in [-0.15, -0.1) is 0 Å². The van der Waals surface area contributed by atoms with Gasteiger partial charge in [-0.1, -0.05) is 11.6 Å². The number of nitrogens with two attached hydrogens (primary N) is 1. The van der Waals surface area contributed by atoms with Gasteiger partial charge in [-0.2, -0.15) is 0 Å². The van der Waals surface area contributed by atoms with E-state index in [1.807, 2.05) is 0 Å². The Kier molecular flexibility index (Phi) is 3.52. The van der Waals surface area contributed by atoms with Crippen LogP contribution in [0.2, 0.25) is 5.02 Å². The Bertz CT molecular complexity index is 649. The first-order chi connectivity index (χ1) is 8.97. The quantitative estimate of drug-likeness (QED) is 0.528. The minimum absolute atomic E-state index is 0.0813. The molecule has 2 aromatic rings. The molecule has 7 heteroatoms. The first-order valence-electron chi connectivity index (χ1n) is 5.14. The molecule has 5 nitrogen and oxygen atoms in total. The number of nitrogen functional groups attached to an aromatic ring is 1. The summed E-state index contributed by atoms with van der Waals surface area (Å²) in [6.45, 7) is 0. The normalized spacial score (nSPS) is 10.2. The predicted octanol–water partition coefficient (Wildman–Crippen LogP) is 3.76. The van der Waals surface area contributed by atoms with E-state index in [1.54, 1.807) is 0 Å². The van der Waals surface area contributed by atoms with Gasteiger partial charge in [0, 0.05) is 12.1 Å². The fraction of sp³-hybridized carbons (Fsp3) is 0. The van der Waals surface area contributed by atoms with Crippen LogP contribution in [0.5, 0.6) is 11.5 Å². The van der Waals surface area contributed by atoms with Gasteiger partial charge in [0.15, 0.2) is 5.75 Å². The van der Waals surface area contributed by atoms with Crippen LogP contribution < -0.4 is 10.5 Å². The first kappa shape index (κ1) is 13.1. The van der Waals surface area contributed by atoms with Crippen molar-refractivity contribution in [2.75, 3.05) is 5.73 Å². The van der Waals surface area contributed by atoms with Crippen LogP contribution >= 0.6 is 11.6 Å². The van der Waals surface area contributed by atoms with Crippen LogP contribution in [-0.4, -0.2) is 4.92 Å². The fourth-order valence-corrected chi connectivity index (χ4v) is 1.62. The zero-order valence-corrected chi connectivity index (χ0v) is 10.2. The lowest BCUT2D eigenvalue weighted by molar-refractivity contribution is -0.384. The van der Waals surface area contributed by atoms with Crippen LogP contribution in [-0.2, 0) is 0 Å². The minimum Gasteiger partial charge on any atom is -0.454 e. The average molecular weight is 283 g/mol. The molecule has 0 saturated heterocycles. The maximum absolute atomic E-state index is 12.9. The third-order valence-corrected chi connectivity index (χ3v) is 2.61. The maximum atomic E-state index is 12.9. The van der Waals surface area contributed by atoms with Gasteiger partial charge in [0.05, 0.1) is 15.6 Å². The predicted molar refractivity (Wildman–Crippen MR) is 69.0 cm³/mol. The van der Waals surface area contributed by atoms with Crippen molar-refractivity contribution in [1.82, 2.24) is 0 Å². The number of nitrogens with zero attached hydrogens (tertiary/aromatic N) is 1. The number of hydrogen-bond donors (Lipinski definition) is 1. The highest BCUT2D eigenvalue weighted by molar-refractivity contribution is 6.32. The second kappa shape index (κ2) is 5.11. The van der Waals surface area contributed by atoms with Crippen LogP contribution in [0.4, 0.5) is 15.8 Å². The van der Waals surface area contributed by atoms with Crippen LogP contribution in [0.1, 0.15) is 0 Å². The lowest BCUT2D eigenvalue weighted by atomic mass is 10.2. The summed E-state index contributed by atoms with van der Waals surface area (Å²) in [5, 5.41) is 10.6. The van der Waals surface area contributed by atoms with E-state index in [0.29, 0.717) is 0 Å². The summed E-state index contributed by atoms with van der Waals surface area (Å²) in [6.07, 6.45) is 0. The second-order valence-corrected chi connectivity index (χ2v) is 4.06. The van der Waals surface area contributed by atoms with Crippen LogP contribution in [0.25, 0.3) is 0 Å². The molecule has 0 aromatic heterocycles. The van der Waals surface area contributed by atoms with E-state index in [9.17, 15) is 14.5 Å². The molecule has 0 atom stereocenters. The molecule has 0 fully saturated rings. The maximum Gasteiger partial charge on any atom is 0.271 e. The van der Waals surface area contributed by atoms with Crippen molar-refractivity contribution >= 4 is 23.0 Å². The largest absolute Gasteiger partial charge is 0.454 e. The summed E-state index contributed by atoms with van der Waals surface area (Å²) in [6, 6.07) is 7.41. The van der Waals surface area contributed by atoms with E-state index in [0.717, 1.165) is 6.07 Å². The Morgan fingerprint density at radius 1 is 1.21 bits per heavy atom. The van der Waals surface area contributed by atoms with E-state index in [-0.39, 0.29) is 27.9 Å². The van der Waals surface area contributed by atoms with Crippen LogP contribution in [0.15, 0.2) is 36.4 Å². The second-order valence-electron chi connectivity index (χ2n) is 3.66. The Balaban J connectivity index is 2.31. The van der Waals surface area contributed by atoms with Crippen molar-refractivity contribution in [1.29, 1.82) is 0 Å². The molecule has 0 radical (unpaired) electrons. The number of hydrogen-bond acceptors (Lipinski definition) is 4. The average Bonchev–Trinajstić information content (AvgIpc) is 2.34. The van der Waals surface area contributed by atoms with Crippen LogP contribution in [0, 0.1) is 15.9 Å². The van der Waals surface area contributed by atoms with E-state index in [4.69, 9.17) is 22.1 Å². The molecule has 0 aliphatic rings. The van der Waals surface area contributed by atoms with Gasteiger partial charge in [0.25, 0.3) is 5.69 Å². The zero-order chi connectivity index (χ0) is 14.0. The van der Waals surface area contributed by atoms with E-state index in [2.05, 4.69) is 0 Å². The molecule has 0 spiro atoms. The van der Waals surface area contributed by atoms with Gasteiger partial charge in [0.2, 0.25) is 0 Å². The Hall–Kier alpha value is -2.34. The van der Waals surface area contributed by atoms with Crippen molar-refractivity contribution in [3.8, 4) is 11.5 Å². The van der Waals surface area contributed by atoms with E-state index in [1.165, 1.54) is 30.3 Å². The molecule has 0 unspecified atom stereocenters. The molecular weight excluding hydrogens is 275 g/mol. The van der Waals surface area contributed by atoms with Gasteiger partial charge in [-0.25, -0.2) is 4.39 Å². The van der Waals surface area contributed by atoms with Gasteiger partial charge >= 0.3 is 0 Å². The molecule has 0 saturated carbocycles. The van der Waals surface area contributed by atoms with E-state index >= 15 is 0 Å². The van der Waals surface area contributed by atoms with Crippen molar-refractivity contribution < 1.29 is 14.1 Å². The highest BCUT2D eigenvalue weighted by Gasteiger charge is 2.11. The number of ether oxygens (including phenoxy) is 1. The minimum atomic E-state index is -0.564. The zero-order valence-electron chi connectivity index (χ0n) is 9.47. The smallest absolute Gasteiger partial charge is 0.271 e. The highest BCUT2D eigenvalue weighted by Crippen LogP contribution is 2.34. The lowest BCUT2D eigenvalue weighted by Gasteiger charge is -2.09. The number of benzene rings is 2. The van der Waals surface area contributed by atoms with Crippen molar-refractivity contribution in [2.45, 2.75) is 0 Å². The first-order valence-corrected chi connectivity index (χ1v) is 5.52. The Labute approximate surface area is 112 Å². The Morgan fingerprint density at radius 2 is 1.89 bits per heavy atom. The van der Waals surface area contributed by atoms with Gasteiger partial charge in [0.1, 0.15) is 11.6 Å². The molecule has 2 aromatic carbocycles. The summed E-state index contributed by atoms with van der Waals surface area (Å²) in [7, 11) is 0. The van der Waals surface area contributed by atoms with Crippen molar-refractivity contribution in [3.05, 3.63) is 57.4 Å². The number of halogens is 2. The Morgan fingerprint density at radius 3 is 2.47 bits per heavy atom. The summed E-state index contributed by atoms with van der Waals surface area (Å²) in [4.78, 5) is 10.00. The molecule has 0 aliphatic heterocycles. The third kappa shape index (κ3) is 2.92. The third-order valence-electron chi connectivity index (χ3n) is 2.32. The van der Waals surface area contributed by atoms with E-state index < -0.39 is 10.7 Å². The number of nitro benzene ring substituents is 1. The topological polar surface area (TPSA) is 78.4 Å². The molecule has 0 bridgehead atoms. The SMILES string of the molecule is Nc1cc([N+](=O)[O-])ccc1Oc1ccc(F)cc1Cl. The molecule has 98 valence electrons. The standard InChI is InChI=1S/C12H8ClFN2O3/c13-9-5-7(14)1-3-11(9)19-12-4-2-8(16(17)18)6-10(12)15/h1-6H,15H2. The number of non-ortho nitro benzene ring substituents is 1. The summed E-state index contributed by atoms with van der Waals surface area (Å²) < 4.78 is 18.3. The summed E-state index contributed by atoms with van der Waals surface area (Å²) >= 11 is 5.80. The van der Waals surface area contributed by atoms with Gasteiger partial charge in [-0.3, -0.25) is 10.1 Å². The molecule has 0 amide bonds. The molecule has 0 aliphatic carbocycles. The highest BCUT2D eigenvalue weighted by atomic mass is 35.5. The van der Waals surface area contributed by atoms with Gasteiger partial charge < -0.3 is 10.5 Å². The van der Waals surface area contributed by atoms with Crippen molar-refractivity contribution in [3.63, 3.8) is 0 Å². The summed E-state index contributed by atoms with van der Waals surface area (Å²) in [5.74, 6) is -0.0725. The lowest BCUT2D eigenvalue weighted by Crippen LogP contribution is -1.95. The number of anilines is 1. The monoisotopic (exact) mass is 282 g/mol. The summed E-state index contributed by atoms with van der Waals surface area (Å²) in [5.41, 5.74) is 5.59.